The third-order valence-electron chi connectivity index (χ3n) is 7.22. The van der Waals surface area contributed by atoms with Crippen molar-refractivity contribution in [3.63, 3.8) is 0 Å². The second kappa shape index (κ2) is 14.6. The number of carbonyl (C=O) groups is 1. The lowest BCUT2D eigenvalue weighted by molar-refractivity contribution is -0.111. The second-order valence-electron chi connectivity index (χ2n) is 10.1. The maximum Gasteiger partial charge on any atom is 0.247 e. The number of halogens is 2. The number of fused-ring (bicyclic) bond motifs is 1. The van der Waals surface area contributed by atoms with Gasteiger partial charge in [0, 0.05) is 29.8 Å². The summed E-state index contributed by atoms with van der Waals surface area (Å²) in [7, 11) is 3.08. The molecule has 10 heteroatoms. The number of methoxy groups -OCH3 is 2. The molecule has 0 aliphatic rings. The van der Waals surface area contributed by atoms with Gasteiger partial charge in [0.2, 0.25) is 11.9 Å². The van der Waals surface area contributed by atoms with Gasteiger partial charge in [-0.1, -0.05) is 55.8 Å². The number of carbonyl (C=O) groups excluding carboxylic acids is 1. The van der Waals surface area contributed by atoms with E-state index in [-0.39, 0.29) is 5.91 Å². The van der Waals surface area contributed by atoms with Crippen molar-refractivity contribution in [2.45, 2.75) is 33.6 Å². The van der Waals surface area contributed by atoms with E-state index >= 15 is 0 Å². The van der Waals surface area contributed by atoms with Gasteiger partial charge in [0.05, 0.1) is 41.2 Å². The minimum absolute atomic E-state index is 0.292. The lowest BCUT2D eigenvalue weighted by Gasteiger charge is -2.21. The van der Waals surface area contributed by atoms with Crippen molar-refractivity contribution in [1.82, 2.24) is 14.9 Å². The van der Waals surface area contributed by atoms with Gasteiger partial charge in [0.15, 0.2) is 0 Å². The molecule has 0 saturated heterocycles. The van der Waals surface area contributed by atoms with Crippen LogP contribution in [0.5, 0.6) is 11.5 Å². The number of aryl methyl sites for hydroxylation is 1. The molecule has 1 amide bonds. The Morgan fingerprint density at radius 2 is 1.77 bits per heavy atom. The van der Waals surface area contributed by atoms with Crippen LogP contribution in [0.1, 0.15) is 31.4 Å². The number of hydrogen-bond acceptors (Lipinski definition) is 7. The van der Waals surface area contributed by atoms with Crippen LogP contribution >= 0.6 is 23.2 Å². The molecule has 4 aromatic rings. The van der Waals surface area contributed by atoms with Gasteiger partial charge >= 0.3 is 0 Å². The molecule has 0 unspecified atom stereocenters. The summed E-state index contributed by atoms with van der Waals surface area (Å²) >= 11 is 13.3. The Labute approximate surface area is 263 Å². The zero-order chi connectivity index (χ0) is 31.1. The molecule has 226 valence electrons. The number of nitrogens with one attached hydrogen (secondary N) is 2. The molecule has 0 spiro atoms. The zero-order valence-electron chi connectivity index (χ0n) is 25.2. The highest BCUT2D eigenvalue weighted by Gasteiger charge is 2.19. The van der Waals surface area contributed by atoms with Crippen LogP contribution in [-0.4, -0.2) is 54.6 Å². The lowest BCUT2D eigenvalue weighted by Crippen LogP contribution is -2.26. The number of likely N-dealkylation sites (N-methyl/N-ethyl adjacent to an activating group) is 1. The van der Waals surface area contributed by atoms with Gasteiger partial charge in [-0.15, -0.1) is 0 Å². The summed E-state index contributed by atoms with van der Waals surface area (Å²) in [6.45, 7) is 13.0. The first-order chi connectivity index (χ1) is 20.7. The standard InChI is InChI=1S/C33H37Cl2N5O3/c1-7-13-40(9-3)14-12-21-15-20(4)32(25(16-21)37-28(41)8-2)39-33-36-19-23-17-22(10-11-24(23)38-33)29-30(34)26(42-5)18-27(43-6)31(29)35/h8,10-11,15-19H,2,7,9,12-14H2,1,3-6H3,(H,37,41)(H,36,38,39). The Morgan fingerprint density at radius 3 is 2.40 bits per heavy atom. The van der Waals surface area contributed by atoms with Crippen LogP contribution in [0.4, 0.5) is 17.3 Å². The van der Waals surface area contributed by atoms with E-state index in [1.807, 2.05) is 31.2 Å². The van der Waals surface area contributed by atoms with E-state index in [0.29, 0.717) is 44.3 Å². The van der Waals surface area contributed by atoms with E-state index in [0.717, 1.165) is 60.2 Å². The zero-order valence-corrected chi connectivity index (χ0v) is 26.7. The molecule has 43 heavy (non-hydrogen) atoms. The van der Waals surface area contributed by atoms with E-state index < -0.39 is 0 Å². The predicted octanol–water partition coefficient (Wildman–Crippen LogP) is 8.07. The van der Waals surface area contributed by atoms with Crippen LogP contribution < -0.4 is 20.1 Å². The molecule has 0 fully saturated rings. The van der Waals surface area contributed by atoms with Crippen LogP contribution in [0.25, 0.3) is 22.0 Å². The quantitative estimate of drug-likeness (QED) is 0.146. The molecule has 2 N–H and O–H groups in total. The first kappa shape index (κ1) is 32.1. The molecule has 1 heterocycles. The summed E-state index contributed by atoms with van der Waals surface area (Å²) < 4.78 is 10.8. The Balaban J connectivity index is 1.66. The first-order valence-electron chi connectivity index (χ1n) is 14.2. The summed E-state index contributed by atoms with van der Waals surface area (Å²) in [4.78, 5) is 24.1. The van der Waals surface area contributed by atoms with Crippen LogP contribution in [-0.2, 0) is 11.2 Å². The van der Waals surface area contributed by atoms with Gasteiger partial charge in [-0.25, -0.2) is 9.97 Å². The molecule has 0 atom stereocenters. The number of anilines is 3. The molecular weight excluding hydrogens is 585 g/mol. The Morgan fingerprint density at radius 1 is 1.05 bits per heavy atom. The van der Waals surface area contributed by atoms with Gasteiger partial charge in [0.25, 0.3) is 0 Å². The molecule has 8 nitrogen and oxygen atoms in total. The second-order valence-corrected chi connectivity index (χ2v) is 10.8. The van der Waals surface area contributed by atoms with Crippen molar-refractivity contribution < 1.29 is 14.3 Å². The highest BCUT2D eigenvalue weighted by molar-refractivity contribution is 6.41. The Kier molecular flexibility index (Phi) is 10.9. The number of benzene rings is 3. The topological polar surface area (TPSA) is 88.6 Å². The highest BCUT2D eigenvalue weighted by Crippen LogP contribution is 2.46. The SMILES string of the molecule is C=CC(=O)Nc1cc(CCN(CC)CCC)cc(C)c1Nc1ncc2cc(-c3c(Cl)c(OC)cc(OC)c3Cl)ccc2n1. The average Bonchev–Trinajstić information content (AvgIpc) is 3.01. The molecule has 0 bridgehead atoms. The summed E-state index contributed by atoms with van der Waals surface area (Å²) in [6.07, 6.45) is 4.97. The number of rotatable bonds is 13. The average molecular weight is 623 g/mol. The minimum Gasteiger partial charge on any atom is -0.495 e. The third kappa shape index (κ3) is 7.39. The van der Waals surface area contributed by atoms with Gasteiger partial charge < -0.3 is 25.0 Å². The highest BCUT2D eigenvalue weighted by atomic mass is 35.5. The van der Waals surface area contributed by atoms with Crippen molar-refractivity contribution in [2.24, 2.45) is 0 Å². The number of ether oxygens (including phenoxy) is 2. The smallest absolute Gasteiger partial charge is 0.247 e. The van der Waals surface area contributed by atoms with E-state index in [1.165, 1.54) is 20.3 Å². The van der Waals surface area contributed by atoms with E-state index in [9.17, 15) is 4.79 Å². The normalized spacial score (nSPS) is 11.1. The largest absolute Gasteiger partial charge is 0.495 e. The number of amides is 1. The maximum absolute atomic E-state index is 12.3. The van der Waals surface area contributed by atoms with Crippen LogP contribution in [0.3, 0.4) is 0 Å². The fraction of sp³-hybridized carbons (Fsp3) is 0.303. The summed E-state index contributed by atoms with van der Waals surface area (Å²) in [5.41, 5.74) is 5.54. The summed E-state index contributed by atoms with van der Waals surface area (Å²) in [6, 6.07) is 11.5. The van der Waals surface area contributed by atoms with Crippen molar-refractivity contribution in [3.8, 4) is 22.6 Å². The van der Waals surface area contributed by atoms with Crippen LogP contribution in [0.15, 0.2) is 55.3 Å². The van der Waals surface area contributed by atoms with Crippen molar-refractivity contribution in [3.05, 3.63) is 76.4 Å². The maximum atomic E-state index is 12.3. The van der Waals surface area contributed by atoms with E-state index in [2.05, 4.69) is 47.0 Å². The van der Waals surface area contributed by atoms with Gasteiger partial charge in [0.1, 0.15) is 11.5 Å². The fourth-order valence-electron chi connectivity index (χ4n) is 4.99. The Bertz CT molecular complexity index is 1620. The third-order valence-corrected chi connectivity index (χ3v) is 7.97. The molecule has 4 rings (SSSR count). The van der Waals surface area contributed by atoms with Gasteiger partial charge in [-0.3, -0.25) is 4.79 Å². The molecule has 3 aromatic carbocycles. The summed E-state index contributed by atoms with van der Waals surface area (Å²) in [5, 5.41) is 7.82. The van der Waals surface area contributed by atoms with Crippen LogP contribution in [0.2, 0.25) is 10.0 Å². The van der Waals surface area contributed by atoms with Crippen LogP contribution in [0, 0.1) is 6.92 Å². The Hall–Kier alpha value is -3.85. The molecular formula is C33H37Cl2N5O3. The minimum atomic E-state index is -0.292. The molecule has 0 aliphatic heterocycles. The van der Waals surface area contributed by atoms with Gasteiger partial charge in [-0.05, 0) is 73.8 Å². The molecule has 0 saturated carbocycles. The molecule has 0 aliphatic carbocycles. The van der Waals surface area contributed by atoms with Crippen molar-refractivity contribution in [1.29, 1.82) is 0 Å². The van der Waals surface area contributed by atoms with Crippen molar-refractivity contribution >= 4 is 57.3 Å². The number of nitrogens with zero attached hydrogens (tertiary/aromatic N) is 3. The molecule has 1 aromatic heterocycles. The molecule has 0 radical (unpaired) electrons. The monoisotopic (exact) mass is 621 g/mol. The number of hydrogen-bond donors (Lipinski definition) is 2. The fourth-order valence-corrected chi connectivity index (χ4v) is 5.70. The van der Waals surface area contributed by atoms with Gasteiger partial charge in [-0.2, -0.15) is 0 Å². The van der Waals surface area contributed by atoms with Crippen molar-refractivity contribution in [2.75, 3.05) is 44.5 Å². The summed E-state index contributed by atoms with van der Waals surface area (Å²) in [5.74, 6) is 1.01. The predicted molar refractivity (Wildman–Crippen MR) is 177 cm³/mol. The lowest BCUT2D eigenvalue weighted by atomic mass is 10.0. The van der Waals surface area contributed by atoms with E-state index in [1.54, 1.807) is 12.3 Å². The number of aromatic nitrogens is 2. The first-order valence-corrected chi connectivity index (χ1v) is 14.9. The van der Waals surface area contributed by atoms with E-state index in [4.69, 9.17) is 37.7 Å².